The molecule has 2 N–H and O–H groups in total. The third kappa shape index (κ3) is 1.80. The summed E-state index contributed by atoms with van der Waals surface area (Å²) in [6.07, 6.45) is 1.18. The fourth-order valence-electron chi connectivity index (χ4n) is 1.39. The Morgan fingerprint density at radius 2 is 2.00 bits per heavy atom. The number of alkyl halides is 2. The van der Waals surface area contributed by atoms with E-state index in [2.05, 4.69) is 4.98 Å². The molecule has 0 saturated carbocycles. The smallest absolute Gasteiger partial charge is 0.286 e. The van der Waals surface area contributed by atoms with Crippen molar-refractivity contribution in [3.63, 3.8) is 0 Å². The van der Waals surface area contributed by atoms with Gasteiger partial charge < -0.3 is 5.73 Å². The van der Waals surface area contributed by atoms with E-state index >= 15 is 0 Å². The highest BCUT2D eigenvalue weighted by molar-refractivity contribution is 5.78. The van der Waals surface area contributed by atoms with E-state index in [1.54, 1.807) is 18.2 Å². The van der Waals surface area contributed by atoms with Crippen molar-refractivity contribution in [3.8, 4) is 0 Å². The maximum absolute atomic E-state index is 13.2. The van der Waals surface area contributed by atoms with Gasteiger partial charge in [0.2, 0.25) is 0 Å². The number of hydrogen-bond acceptors (Lipinski definition) is 2. The van der Waals surface area contributed by atoms with Crippen LogP contribution in [0.15, 0.2) is 36.5 Å². The molecule has 4 heteroatoms. The molecule has 0 aliphatic rings. The number of rotatable bonds is 2. The maximum atomic E-state index is 13.2. The van der Waals surface area contributed by atoms with Gasteiger partial charge in [-0.3, -0.25) is 4.98 Å². The molecule has 2 aromatic rings. The lowest BCUT2D eigenvalue weighted by atomic mass is 10.1. The van der Waals surface area contributed by atoms with Crippen LogP contribution >= 0.6 is 0 Å². The van der Waals surface area contributed by atoms with Gasteiger partial charge in [-0.2, -0.15) is 8.78 Å². The number of para-hydroxylation sites is 1. The first kappa shape index (κ1) is 9.98. The molecule has 0 radical (unpaired) electrons. The summed E-state index contributed by atoms with van der Waals surface area (Å²) in [4.78, 5) is 3.96. The van der Waals surface area contributed by atoms with Crippen molar-refractivity contribution < 1.29 is 8.78 Å². The van der Waals surface area contributed by atoms with Crippen LogP contribution in [0.1, 0.15) is 5.56 Å². The van der Waals surface area contributed by atoms with Crippen molar-refractivity contribution >= 4 is 10.9 Å². The zero-order valence-corrected chi connectivity index (χ0v) is 7.95. The number of aromatic nitrogens is 1. The Bertz CT molecular complexity index is 483. The van der Waals surface area contributed by atoms with Crippen molar-refractivity contribution in [1.29, 1.82) is 0 Å². The highest BCUT2D eigenvalue weighted by Gasteiger charge is 2.29. The first-order valence-corrected chi connectivity index (χ1v) is 4.56. The number of halogens is 2. The van der Waals surface area contributed by atoms with Crippen LogP contribution in [0, 0.1) is 0 Å². The highest BCUT2D eigenvalue weighted by Crippen LogP contribution is 2.27. The van der Waals surface area contributed by atoms with E-state index in [0.717, 1.165) is 0 Å². The van der Waals surface area contributed by atoms with Gasteiger partial charge in [0.25, 0.3) is 5.92 Å². The van der Waals surface area contributed by atoms with Crippen LogP contribution in [-0.4, -0.2) is 11.5 Å². The normalized spacial score (nSPS) is 11.9. The molecule has 1 aromatic carbocycles. The Morgan fingerprint density at radius 3 is 2.73 bits per heavy atom. The molecule has 1 aromatic heterocycles. The lowest BCUT2D eigenvalue weighted by molar-refractivity contribution is 0.00577. The fraction of sp³-hybridized carbons (Fsp3) is 0.182. The summed E-state index contributed by atoms with van der Waals surface area (Å²) in [5, 5.41) is 0.697. The lowest BCUT2D eigenvalue weighted by Crippen LogP contribution is -2.25. The van der Waals surface area contributed by atoms with Gasteiger partial charge in [-0.15, -0.1) is 0 Å². The van der Waals surface area contributed by atoms with Gasteiger partial charge in [0, 0.05) is 17.1 Å². The van der Waals surface area contributed by atoms with Crippen LogP contribution in [-0.2, 0) is 5.92 Å². The second-order valence-corrected chi connectivity index (χ2v) is 3.33. The van der Waals surface area contributed by atoms with Gasteiger partial charge in [0.1, 0.15) is 0 Å². The first-order chi connectivity index (χ1) is 7.13. The third-order valence-corrected chi connectivity index (χ3v) is 2.27. The quantitative estimate of drug-likeness (QED) is 0.822. The number of fused-ring (bicyclic) bond motifs is 1. The summed E-state index contributed by atoms with van der Waals surface area (Å²) in [6, 6.07) is 8.55. The fourth-order valence-corrected chi connectivity index (χ4v) is 1.39. The maximum Gasteiger partial charge on any atom is 0.286 e. The van der Waals surface area contributed by atoms with Crippen LogP contribution < -0.4 is 5.73 Å². The monoisotopic (exact) mass is 208 g/mol. The molecule has 0 bridgehead atoms. The first-order valence-electron chi connectivity index (χ1n) is 4.56. The molecule has 0 aliphatic heterocycles. The van der Waals surface area contributed by atoms with Crippen molar-refractivity contribution in [2.75, 3.05) is 6.54 Å². The average Bonchev–Trinajstić information content (AvgIpc) is 2.28. The molecule has 2 nitrogen and oxygen atoms in total. The minimum absolute atomic E-state index is 0.135. The molecule has 78 valence electrons. The predicted octanol–water partition coefficient (Wildman–Crippen LogP) is 2.29. The van der Waals surface area contributed by atoms with E-state index in [0.29, 0.717) is 10.9 Å². The number of pyridine rings is 1. The summed E-state index contributed by atoms with van der Waals surface area (Å²) >= 11 is 0. The summed E-state index contributed by atoms with van der Waals surface area (Å²) in [5.41, 5.74) is 5.57. The van der Waals surface area contributed by atoms with Crippen molar-refractivity contribution in [1.82, 2.24) is 4.98 Å². The average molecular weight is 208 g/mol. The van der Waals surface area contributed by atoms with E-state index in [9.17, 15) is 8.78 Å². The number of nitrogens with two attached hydrogens (primary N) is 1. The lowest BCUT2D eigenvalue weighted by Gasteiger charge is -2.13. The molecular formula is C11H10F2N2. The zero-order chi connectivity index (χ0) is 10.9. The number of benzene rings is 1. The molecule has 0 unspecified atom stereocenters. The molecule has 15 heavy (non-hydrogen) atoms. The van der Waals surface area contributed by atoms with Crippen molar-refractivity contribution in [3.05, 3.63) is 42.1 Å². The molecule has 0 amide bonds. The molecule has 0 spiro atoms. The summed E-state index contributed by atoms with van der Waals surface area (Å²) < 4.78 is 26.5. The Kier molecular flexibility index (Phi) is 2.36. The molecule has 2 rings (SSSR count). The highest BCUT2D eigenvalue weighted by atomic mass is 19.3. The van der Waals surface area contributed by atoms with Crippen LogP contribution in [0.5, 0.6) is 0 Å². The zero-order valence-electron chi connectivity index (χ0n) is 7.95. The van der Waals surface area contributed by atoms with Gasteiger partial charge in [-0.1, -0.05) is 18.2 Å². The molecule has 0 aliphatic carbocycles. The largest absolute Gasteiger partial charge is 0.325 e. The van der Waals surface area contributed by atoms with E-state index < -0.39 is 12.5 Å². The van der Waals surface area contributed by atoms with Crippen LogP contribution in [0.2, 0.25) is 0 Å². The third-order valence-electron chi connectivity index (χ3n) is 2.27. The molecule has 0 fully saturated rings. The Hall–Kier alpha value is -1.55. The van der Waals surface area contributed by atoms with Gasteiger partial charge in [-0.05, 0) is 12.1 Å². The predicted molar refractivity (Wildman–Crippen MR) is 54.7 cm³/mol. The van der Waals surface area contributed by atoms with E-state index in [1.165, 1.54) is 12.3 Å². The molecule has 1 heterocycles. The van der Waals surface area contributed by atoms with Gasteiger partial charge >= 0.3 is 0 Å². The standard InChI is InChI=1S/C11H10F2N2/c12-11(13,7-14)9-5-8-3-1-2-4-10(8)15-6-9/h1-6H,7,14H2. The minimum Gasteiger partial charge on any atom is -0.325 e. The molecule has 0 saturated heterocycles. The van der Waals surface area contributed by atoms with Crippen LogP contribution in [0.3, 0.4) is 0 Å². The SMILES string of the molecule is NCC(F)(F)c1cnc2ccccc2c1. The van der Waals surface area contributed by atoms with Crippen molar-refractivity contribution in [2.24, 2.45) is 5.73 Å². The van der Waals surface area contributed by atoms with Crippen LogP contribution in [0.4, 0.5) is 8.78 Å². The summed E-state index contributed by atoms with van der Waals surface area (Å²) in [7, 11) is 0. The van der Waals surface area contributed by atoms with Gasteiger partial charge in [0.15, 0.2) is 0 Å². The van der Waals surface area contributed by atoms with E-state index in [1.807, 2.05) is 6.07 Å². The van der Waals surface area contributed by atoms with Gasteiger partial charge in [0.05, 0.1) is 12.1 Å². The summed E-state index contributed by atoms with van der Waals surface area (Å²) in [6.45, 7) is -0.701. The number of hydrogen-bond donors (Lipinski definition) is 1. The van der Waals surface area contributed by atoms with E-state index in [4.69, 9.17) is 5.73 Å². The van der Waals surface area contributed by atoms with Gasteiger partial charge in [-0.25, -0.2) is 0 Å². The van der Waals surface area contributed by atoms with E-state index in [-0.39, 0.29) is 5.56 Å². The second kappa shape index (κ2) is 3.55. The second-order valence-electron chi connectivity index (χ2n) is 3.33. The Morgan fingerprint density at radius 1 is 1.27 bits per heavy atom. The van der Waals surface area contributed by atoms with Crippen molar-refractivity contribution in [2.45, 2.75) is 5.92 Å². The summed E-state index contributed by atoms with van der Waals surface area (Å²) in [5.74, 6) is -3.00. The molecular weight excluding hydrogens is 198 g/mol. The van der Waals surface area contributed by atoms with Crippen LogP contribution in [0.25, 0.3) is 10.9 Å². The molecule has 0 atom stereocenters. The topological polar surface area (TPSA) is 38.9 Å². The Balaban J connectivity index is 2.56. The number of nitrogens with zero attached hydrogens (tertiary/aromatic N) is 1. The minimum atomic E-state index is -3.00. The Labute approximate surface area is 85.7 Å².